The van der Waals surface area contributed by atoms with E-state index in [2.05, 4.69) is 0 Å². The number of allylic oxidation sites excluding steroid dienone is 4. The van der Waals surface area contributed by atoms with E-state index in [0.717, 1.165) is 12.8 Å². The predicted octanol–water partition coefficient (Wildman–Crippen LogP) is 2.88. The monoisotopic (exact) mass is 413 g/mol. The van der Waals surface area contributed by atoms with Crippen LogP contribution in [-0.2, 0) is 23.9 Å². The van der Waals surface area contributed by atoms with Gasteiger partial charge in [0.25, 0.3) is 0 Å². The third-order valence-electron chi connectivity index (χ3n) is 5.83. The molecule has 0 saturated carbocycles. The maximum absolute atomic E-state index is 13.3. The van der Waals surface area contributed by atoms with Gasteiger partial charge in [0.1, 0.15) is 12.1 Å². The molecule has 1 atom stereocenters. The first kappa shape index (κ1) is 21.7. The zero-order valence-electron chi connectivity index (χ0n) is 17.6. The minimum absolute atomic E-state index is 0.0162. The number of nitrogens with zero attached hydrogens (tertiary/aromatic N) is 1. The fraction of sp³-hybridized carbons (Fsp3) is 0.478. The molecule has 0 spiro atoms. The number of fused-ring (bicyclic) bond motifs is 1. The van der Waals surface area contributed by atoms with E-state index in [9.17, 15) is 24.3 Å². The Morgan fingerprint density at radius 3 is 2.67 bits per heavy atom. The number of carbonyl (C=O) groups is 4. The Kier molecular flexibility index (Phi) is 6.10. The summed E-state index contributed by atoms with van der Waals surface area (Å²) in [7, 11) is 0. The normalized spacial score (nSPS) is 23.6. The Hall–Kier alpha value is -2.96. The van der Waals surface area contributed by atoms with E-state index in [0.29, 0.717) is 28.8 Å². The van der Waals surface area contributed by atoms with Crippen LogP contribution < -0.4 is 0 Å². The highest BCUT2D eigenvalue weighted by atomic mass is 16.6. The average molecular weight is 413 g/mol. The maximum Gasteiger partial charge on any atom is 0.343 e. The number of rotatable bonds is 8. The van der Waals surface area contributed by atoms with E-state index in [-0.39, 0.29) is 43.1 Å². The lowest BCUT2D eigenvalue weighted by Gasteiger charge is -2.37. The van der Waals surface area contributed by atoms with Gasteiger partial charge in [-0.15, -0.1) is 0 Å². The summed E-state index contributed by atoms with van der Waals surface area (Å²) in [5, 5.41) is 9.23. The predicted molar refractivity (Wildman–Crippen MR) is 109 cm³/mol. The quantitative estimate of drug-likeness (QED) is 0.371. The smallest absolute Gasteiger partial charge is 0.343 e. The van der Waals surface area contributed by atoms with E-state index in [1.54, 1.807) is 23.1 Å². The van der Waals surface area contributed by atoms with Crippen molar-refractivity contribution in [3.05, 3.63) is 46.2 Å². The van der Waals surface area contributed by atoms with Gasteiger partial charge in [-0.1, -0.05) is 25.8 Å². The molecule has 7 heteroatoms. The second-order valence-corrected chi connectivity index (χ2v) is 7.99. The number of carboxylic acid groups (broad SMARTS) is 1. The standard InChI is InChI=1S/C23H27NO6/c1-4-6-7-9-18(25)20-17-11-14-10-15(8-5-2)24(13-19(26)27)12-16(14)21(28)23(17,3)30-22(20)29/h5,8,10H,4,6-7,9,11-13H2,1-3H3,(H,26,27)/b8-5+/t23-/m1/s1. The molecule has 3 aliphatic rings. The van der Waals surface area contributed by atoms with E-state index >= 15 is 0 Å². The molecule has 0 saturated heterocycles. The van der Waals surface area contributed by atoms with Gasteiger partial charge in [0, 0.05) is 29.8 Å². The second-order valence-electron chi connectivity index (χ2n) is 7.99. The molecule has 0 aromatic carbocycles. The van der Waals surface area contributed by atoms with Crippen LogP contribution in [0.3, 0.4) is 0 Å². The largest absolute Gasteiger partial charge is 0.480 e. The van der Waals surface area contributed by atoms with Crippen molar-refractivity contribution in [2.45, 2.75) is 58.5 Å². The molecule has 0 aromatic rings. The van der Waals surface area contributed by atoms with Crippen LogP contribution >= 0.6 is 0 Å². The molecule has 0 amide bonds. The Morgan fingerprint density at radius 1 is 1.30 bits per heavy atom. The summed E-state index contributed by atoms with van der Waals surface area (Å²) in [5.41, 5.74) is 0.772. The molecule has 30 heavy (non-hydrogen) atoms. The number of ether oxygens (including phenoxy) is 1. The summed E-state index contributed by atoms with van der Waals surface area (Å²) in [6.07, 6.45) is 8.41. The van der Waals surface area contributed by atoms with Crippen molar-refractivity contribution in [1.29, 1.82) is 0 Å². The summed E-state index contributed by atoms with van der Waals surface area (Å²) in [5.74, 6) is -2.39. The van der Waals surface area contributed by atoms with E-state index in [1.165, 1.54) is 6.92 Å². The van der Waals surface area contributed by atoms with Gasteiger partial charge < -0.3 is 14.7 Å². The van der Waals surface area contributed by atoms with Crippen LogP contribution in [0, 0.1) is 0 Å². The van der Waals surface area contributed by atoms with Crippen LogP contribution in [0.1, 0.15) is 52.9 Å². The molecule has 0 unspecified atom stereocenters. The molecule has 2 aliphatic heterocycles. The zero-order valence-corrected chi connectivity index (χ0v) is 17.6. The summed E-state index contributed by atoms with van der Waals surface area (Å²) < 4.78 is 5.46. The molecule has 3 rings (SSSR count). The fourth-order valence-electron chi connectivity index (χ4n) is 4.27. The average Bonchev–Trinajstić information content (AvgIpc) is 2.94. The summed E-state index contributed by atoms with van der Waals surface area (Å²) in [6.45, 7) is 5.27. The highest BCUT2D eigenvalue weighted by Gasteiger charge is 2.54. The van der Waals surface area contributed by atoms with Crippen molar-refractivity contribution in [3.63, 3.8) is 0 Å². The first-order chi connectivity index (χ1) is 14.2. The molecule has 7 nitrogen and oxygen atoms in total. The van der Waals surface area contributed by atoms with E-state index in [4.69, 9.17) is 4.74 Å². The van der Waals surface area contributed by atoms with Gasteiger partial charge in [-0.2, -0.15) is 0 Å². The lowest BCUT2D eigenvalue weighted by Crippen LogP contribution is -2.46. The lowest BCUT2D eigenvalue weighted by molar-refractivity contribution is -0.153. The van der Waals surface area contributed by atoms with Gasteiger partial charge in [-0.05, 0) is 44.4 Å². The van der Waals surface area contributed by atoms with Crippen LogP contribution in [0.5, 0.6) is 0 Å². The third kappa shape index (κ3) is 3.76. The Balaban J connectivity index is 2.01. The van der Waals surface area contributed by atoms with Gasteiger partial charge in [0.15, 0.2) is 11.4 Å². The van der Waals surface area contributed by atoms with Gasteiger partial charge in [-0.25, -0.2) is 4.79 Å². The van der Waals surface area contributed by atoms with Crippen molar-refractivity contribution in [2.24, 2.45) is 0 Å². The summed E-state index contributed by atoms with van der Waals surface area (Å²) >= 11 is 0. The Labute approximate surface area is 175 Å². The number of unbranched alkanes of at least 4 members (excludes halogenated alkanes) is 2. The van der Waals surface area contributed by atoms with Crippen molar-refractivity contribution >= 4 is 23.5 Å². The number of aliphatic carboxylic acids is 1. The number of carboxylic acids is 1. The van der Waals surface area contributed by atoms with Crippen LogP contribution in [0.2, 0.25) is 0 Å². The third-order valence-corrected chi connectivity index (χ3v) is 5.83. The second kappa shape index (κ2) is 8.42. The molecule has 0 fully saturated rings. The van der Waals surface area contributed by atoms with Crippen molar-refractivity contribution < 1.29 is 29.0 Å². The molecule has 1 N–H and O–H groups in total. The molecule has 0 aromatic heterocycles. The molecule has 1 aliphatic carbocycles. The molecule has 160 valence electrons. The molecular weight excluding hydrogens is 386 g/mol. The zero-order chi connectivity index (χ0) is 22.1. The van der Waals surface area contributed by atoms with Crippen molar-refractivity contribution in [1.82, 2.24) is 4.90 Å². The minimum Gasteiger partial charge on any atom is -0.480 e. The topological polar surface area (TPSA) is 101 Å². The lowest BCUT2D eigenvalue weighted by atomic mass is 9.74. The highest BCUT2D eigenvalue weighted by molar-refractivity contribution is 6.23. The van der Waals surface area contributed by atoms with E-state index < -0.39 is 17.5 Å². The number of ketones is 2. The van der Waals surface area contributed by atoms with Gasteiger partial charge >= 0.3 is 11.9 Å². The minimum atomic E-state index is -1.49. The van der Waals surface area contributed by atoms with Crippen molar-refractivity contribution in [2.75, 3.05) is 13.1 Å². The summed E-state index contributed by atoms with van der Waals surface area (Å²) in [4.78, 5) is 51.5. The van der Waals surface area contributed by atoms with Gasteiger partial charge in [0.05, 0.1) is 0 Å². The van der Waals surface area contributed by atoms with Crippen LogP contribution in [0.15, 0.2) is 46.2 Å². The Bertz CT molecular complexity index is 935. The first-order valence-corrected chi connectivity index (χ1v) is 10.3. The summed E-state index contributed by atoms with van der Waals surface area (Å²) in [6, 6.07) is 0. The number of Topliss-reactive ketones (excluding diaryl/α,β-unsaturated/α-hetero) is 2. The van der Waals surface area contributed by atoms with Crippen LogP contribution in [0.25, 0.3) is 0 Å². The molecule has 0 bridgehead atoms. The molecule has 0 radical (unpaired) electrons. The molecular formula is C23H27NO6. The maximum atomic E-state index is 13.3. The van der Waals surface area contributed by atoms with Crippen LogP contribution in [0.4, 0.5) is 0 Å². The van der Waals surface area contributed by atoms with Gasteiger partial charge in [-0.3, -0.25) is 14.4 Å². The van der Waals surface area contributed by atoms with Gasteiger partial charge in [0.2, 0.25) is 5.78 Å². The molecule has 2 heterocycles. The number of hydrogen-bond acceptors (Lipinski definition) is 6. The first-order valence-electron chi connectivity index (χ1n) is 10.3. The number of hydrogen-bond donors (Lipinski definition) is 1. The van der Waals surface area contributed by atoms with E-state index in [1.807, 2.05) is 13.8 Å². The van der Waals surface area contributed by atoms with Crippen molar-refractivity contribution in [3.8, 4) is 0 Å². The number of esters is 1. The Morgan fingerprint density at radius 2 is 2.03 bits per heavy atom. The van der Waals surface area contributed by atoms with Crippen LogP contribution in [-0.4, -0.2) is 52.2 Å². The highest BCUT2D eigenvalue weighted by Crippen LogP contribution is 2.46. The SMILES string of the molecule is C/C=C/C1=CC2=C(CN1CC(=O)O)C(=O)[C@]1(C)OC(=O)C(C(=O)CCCCC)=C1C2. The fourth-order valence-corrected chi connectivity index (χ4v) is 4.27. The number of carbonyl (C=O) groups excluding carboxylic acids is 3.